The van der Waals surface area contributed by atoms with Gasteiger partial charge < -0.3 is 19.9 Å². The molecule has 3 aromatic rings. The van der Waals surface area contributed by atoms with Crippen molar-refractivity contribution in [3.8, 4) is 11.5 Å². The highest BCUT2D eigenvalue weighted by Crippen LogP contribution is 2.25. The fourth-order valence-corrected chi connectivity index (χ4v) is 3.77. The Labute approximate surface area is 199 Å². The zero-order valence-electron chi connectivity index (χ0n) is 19.6. The molecule has 1 atom stereocenters. The number of rotatable bonds is 6. The highest BCUT2D eigenvalue weighted by Gasteiger charge is 2.23. The van der Waals surface area contributed by atoms with Crippen LogP contribution in [0, 0.1) is 16.7 Å². The van der Waals surface area contributed by atoms with Gasteiger partial charge in [0.2, 0.25) is 9.81 Å². The molecule has 0 spiro atoms. The minimum Gasteiger partial charge on any atom is -0.457 e. The number of hydrogen-bond acceptors (Lipinski definition) is 6. The molecule has 0 radical (unpaired) electrons. The fraction of sp³-hybridized carbons (Fsp3) is 0.269. The number of hydrogen-bond donors (Lipinski definition) is 1. The molecular formula is C26H29N4O4+. The van der Waals surface area contributed by atoms with Gasteiger partial charge in [0.25, 0.3) is 5.91 Å². The van der Waals surface area contributed by atoms with Crippen LogP contribution in [0.4, 0.5) is 11.4 Å². The first kappa shape index (κ1) is 24.6. The molecule has 1 N–H and O–H groups in total. The molecule has 8 nitrogen and oxygen atoms in total. The third kappa shape index (κ3) is 6.75. The number of amides is 1. The number of nitrogens with zero attached hydrogens (tertiary/aromatic N) is 3. The lowest BCUT2D eigenvalue weighted by Crippen LogP contribution is -2.31. The van der Waals surface area contributed by atoms with Crippen molar-refractivity contribution in [2.24, 2.45) is 0 Å². The van der Waals surface area contributed by atoms with Crippen LogP contribution in [0.2, 0.25) is 0 Å². The highest BCUT2D eigenvalue weighted by molar-refractivity contribution is 6.04. The van der Waals surface area contributed by atoms with Crippen molar-refractivity contribution in [2.45, 2.75) is 19.4 Å². The van der Waals surface area contributed by atoms with Crippen LogP contribution in [-0.2, 0) is 0 Å². The van der Waals surface area contributed by atoms with Gasteiger partial charge >= 0.3 is 5.04 Å². The van der Waals surface area contributed by atoms with Gasteiger partial charge in [-0.3, -0.25) is 4.79 Å². The van der Waals surface area contributed by atoms with Gasteiger partial charge in [-0.1, -0.05) is 17.7 Å². The van der Waals surface area contributed by atoms with E-state index in [0.29, 0.717) is 17.4 Å². The maximum absolute atomic E-state index is 12.6. The molecular weight excluding hydrogens is 432 g/mol. The number of likely N-dealkylation sites (N-methyl/N-ethyl adjacent to an activating group) is 1. The van der Waals surface area contributed by atoms with Gasteiger partial charge in [-0.15, -0.1) is 0 Å². The van der Waals surface area contributed by atoms with Crippen LogP contribution in [-0.4, -0.2) is 44.0 Å². The molecule has 8 heteroatoms. The van der Waals surface area contributed by atoms with Crippen molar-refractivity contribution >= 4 is 17.3 Å². The van der Waals surface area contributed by atoms with Crippen molar-refractivity contribution in [1.29, 1.82) is 0 Å². The average Bonchev–Trinajstić information content (AvgIpc) is 3.33. The van der Waals surface area contributed by atoms with E-state index < -0.39 is 0 Å². The maximum Gasteiger partial charge on any atom is 0.569 e. The summed E-state index contributed by atoms with van der Waals surface area (Å²) in [7, 11) is 4.27. The lowest BCUT2D eigenvalue weighted by atomic mass is 10.2. The first-order chi connectivity index (χ1) is 16.4. The minimum atomic E-state index is -0.136. The Morgan fingerprint density at radius 2 is 1.50 bits per heavy atom. The van der Waals surface area contributed by atoms with Crippen LogP contribution < -0.4 is 20.0 Å². The van der Waals surface area contributed by atoms with Crippen molar-refractivity contribution in [3.63, 3.8) is 0 Å². The number of ether oxygens (including phenoxy) is 1. The number of benzene rings is 3. The first-order valence-corrected chi connectivity index (χ1v) is 11.0. The molecule has 1 saturated heterocycles. The molecule has 176 valence electrons. The van der Waals surface area contributed by atoms with Crippen molar-refractivity contribution in [1.82, 2.24) is 9.94 Å². The number of carbonyl (C=O) groups is 1. The summed E-state index contributed by atoms with van der Waals surface area (Å²) >= 11 is 0. The molecule has 0 aliphatic carbocycles. The van der Waals surface area contributed by atoms with E-state index in [1.54, 1.807) is 12.1 Å². The molecule has 1 aliphatic heterocycles. The molecule has 0 aromatic heterocycles. The second-order valence-corrected chi connectivity index (χ2v) is 8.37. The smallest absolute Gasteiger partial charge is 0.457 e. The summed E-state index contributed by atoms with van der Waals surface area (Å²) in [6.07, 6.45) is 1.18. The standard InChI is InChI=1S/C26H29N3O2.NO2/c1-19-4-12-24(13-5-19)31-25-14-6-20(7-15-25)26(30)27-21-8-10-22(11-9-21)29-17-16-23(18-29)28(2)3;2-1-3/h4-15,23H,16-18H2,1-3H3,(H,27,30);/q;+1. The Hall–Kier alpha value is -4.00. The van der Waals surface area contributed by atoms with E-state index >= 15 is 0 Å². The van der Waals surface area contributed by atoms with Gasteiger partial charge in [-0.25, -0.2) is 0 Å². The highest BCUT2D eigenvalue weighted by atomic mass is 16.5. The summed E-state index contributed by atoms with van der Waals surface area (Å²) in [6.45, 7) is 4.14. The van der Waals surface area contributed by atoms with E-state index in [0.717, 1.165) is 29.6 Å². The number of nitroso groups, excluding NO2 is 2. The zero-order valence-corrected chi connectivity index (χ0v) is 19.6. The molecule has 0 bridgehead atoms. The molecule has 34 heavy (non-hydrogen) atoms. The van der Waals surface area contributed by atoms with Gasteiger partial charge in [0, 0.05) is 36.1 Å². The minimum absolute atomic E-state index is 0.136. The first-order valence-electron chi connectivity index (χ1n) is 11.0. The van der Waals surface area contributed by atoms with E-state index in [2.05, 4.69) is 41.3 Å². The Morgan fingerprint density at radius 1 is 0.941 bits per heavy atom. The zero-order chi connectivity index (χ0) is 24.5. The van der Waals surface area contributed by atoms with Gasteiger partial charge in [0.15, 0.2) is 0 Å². The number of aryl methyl sites for hydroxylation is 1. The largest absolute Gasteiger partial charge is 0.569 e. The Bertz CT molecular complexity index is 1110. The predicted octanol–water partition coefficient (Wildman–Crippen LogP) is 4.77. The number of carbonyl (C=O) groups excluding carboxylic acids is 1. The number of nitrogens with one attached hydrogen (secondary N) is 1. The summed E-state index contributed by atoms with van der Waals surface area (Å²) in [5.74, 6) is 1.34. The van der Waals surface area contributed by atoms with Crippen molar-refractivity contribution < 1.29 is 9.53 Å². The van der Waals surface area contributed by atoms with Crippen LogP contribution in [0.15, 0.2) is 72.8 Å². The summed E-state index contributed by atoms with van der Waals surface area (Å²) in [5, 5.41) is 3.97. The normalized spacial score (nSPS) is 14.7. The van der Waals surface area contributed by atoms with E-state index in [1.165, 1.54) is 17.7 Å². The Balaban J connectivity index is 0.00000103. The monoisotopic (exact) mass is 461 g/mol. The fourth-order valence-electron chi connectivity index (χ4n) is 3.77. The van der Waals surface area contributed by atoms with Crippen molar-refractivity contribution in [3.05, 3.63) is 93.7 Å². The Morgan fingerprint density at radius 3 is 2.03 bits per heavy atom. The molecule has 4 rings (SSSR count). The lowest BCUT2D eigenvalue weighted by Gasteiger charge is -2.22. The summed E-state index contributed by atoms with van der Waals surface area (Å²) in [4.78, 5) is 33.3. The van der Waals surface area contributed by atoms with Gasteiger partial charge in [0.05, 0.1) is 0 Å². The maximum atomic E-state index is 12.6. The molecule has 1 aliphatic rings. The third-order valence-electron chi connectivity index (χ3n) is 5.76. The van der Waals surface area contributed by atoms with Crippen LogP contribution in [0.5, 0.6) is 11.5 Å². The SMILES string of the molecule is Cc1ccc(Oc2ccc(C(=O)Nc3ccc(N4CCC(N(C)C)C4)cc3)cc2)cc1.O=[N+]=O. The molecule has 1 heterocycles. The summed E-state index contributed by atoms with van der Waals surface area (Å²) in [5.41, 5.74) is 3.76. The van der Waals surface area contributed by atoms with Gasteiger partial charge in [-0.05, 0) is 88.1 Å². The summed E-state index contributed by atoms with van der Waals surface area (Å²) in [6, 6.07) is 23.7. The topological polar surface area (TPSA) is 93.1 Å². The molecule has 1 fully saturated rings. The second-order valence-electron chi connectivity index (χ2n) is 8.37. The van der Waals surface area contributed by atoms with Crippen LogP contribution in [0.25, 0.3) is 0 Å². The predicted molar refractivity (Wildman–Crippen MR) is 135 cm³/mol. The number of anilines is 2. The molecule has 3 aromatic carbocycles. The van der Waals surface area contributed by atoms with E-state index in [-0.39, 0.29) is 5.91 Å². The quantitative estimate of drug-likeness (QED) is 0.532. The van der Waals surface area contributed by atoms with Crippen LogP contribution in [0.3, 0.4) is 0 Å². The van der Waals surface area contributed by atoms with Gasteiger partial charge in [-0.2, -0.15) is 0 Å². The van der Waals surface area contributed by atoms with Crippen LogP contribution >= 0.6 is 0 Å². The average molecular weight is 462 g/mol. The van der Waals surface area contributed by atoms with E-state index in [4.69, 9.17) is 14.6 Å². The molecule has 0 saturated carbocycles. The molecule has 1 amide bonds. The van der Waals surface area contributed by atoms with Gasteiger partial charge in [0.1, 0.15) is 11.5 Å². The third-order valence-corrected chi connectivity index (χ3v) is 5.76. The lowest BCUT2D eigenvalue weighted by molar-refractivity contribution is 0.102. The second kappa shape index (κ2) is 11.7. The summed E-state index contributed by atoms with van der Waals surface area (Å²) < 4.78 is 5.83. The van der Waals surface area contributed by atoms with E-state index in [9.17, 15) is 4.79 Å². The van der Waals surface area contributed by atoms with Crippen molar-refractivity contribution in [2.75, 3.05) is 37.4 Å². The van der Waals surface area contributed by atoms with Crippen LogP contribution in [0.1, 0.15) is 22.3 Å². The van der Waals surface area contributed by atoms with E-state index in [1.807, 2.05) is 55.5 Å². The Kier molecular flexibility index (Phi) is 8.51. The molecule has 1 unspecified atom stereocenters.